The first-order chi connectivity index (χ1) is 10.5. The van der Waals surface area contributed by atoms with E-state index in [-0.39, 0.29) is 0 Å². The SMILES string of the molecule is CCCCCC1OC1CC(C)C(C)CCCCCCC(=O)O. The maximum Gasteiger partial charge on any atom is 0.303 e. The van der Waals surface area contributed by atoms with E-state index >= 15 is 0 Å². The minimum atomic E-state index is -0.667. The zero-order valence-electron chi connectivity index (χ0n) is 14.9. The van der Waals surface area contributed by atoms with Crippen LogP contribution in [0.3, 0.4) is 0 Å². The molecular formula is C19H36O3. The van der Waals surface area contributed by atoms with Crippen LogP contribution in [0.1, 0.15) is 91.4 Å². The molecule has 1 saturated heterocycles. The van der Waals surface area contributed by atoms with Gasteiger partial charge in [0, 0.05) is 6.42 Å². The summed E-state index contributed by atoms with van der Waals surface area (Å²) in [4.78, 5) is 10.4. The Kier molecular flexibility index (Phi) is 9.77. The number of epoxide rings is 1. The molecule has 3 nitrogen and oxygen atoms in total. The fourth-order valence-corrected chi connectivity index (χ4v) is 3.22. The molecule has 0 saturated carbocycles. The molecule has 22 heavy (non-hydrogen) atoms. The van der Waals surface area contributed by atoms with Crippen LogP contribution < -0.4 is 0 Å². The smallest absolute Gasteiger partial charge is 0.303 e. The highest BCUT2D eigenvalue weighted by molar-refractivity contribution is 5.66. The van der Waals surface area contributed by atoms with Gasteiger partial charge in [-0.15, -0.1) is 0 Å². The van der Waals surface area contributed by atoms with Crippen molar-refractivity contribution in [1.82, 2.24) is 0 Å². The monoisotopic (exact) mass is 312 g/mol. The maximum absolute atomic E-state index is 10.4. The molecule has 0 amide bonds. The number of aliphatic carboxylic acids is 1. The first-order valence-corrected chi connectivity index (χ1v) is 9.41. The normalized spacial score (nSPS) is 23.2. The summed E-state index contributed by atoms with van der Waals surface area (Å²) < 4.78 is 5.81. The molecule has 130 valence electrons. The van der Waals surface area contributed by atoms with Gasteiger partial charge in [-0.25, -0.2) is 0 Å². The van der Waals surface area contributed by atoms with E-state index < -0.39 is 5.97 Å². The Balaban J connectivity index is 1.98. The number of hydrogen-bond acceptors (Lipinski definition) is 2. The Hall–Kier alpha value is -0.570. The maximum atomic E-state index is 10.4. The first-order valence-electron chi connectivity index (χ1n) is 9.41. The molecule has 0 spiro atoms. The van der Waals surface area contributed by atoms with Gasteiger partial charge in [-0.2, -0.15) is 0 Å². The fraction of sp³-hybridized carbons (Fsp3) is 0.947. The lowest BCUT2D eigenvalue weighted by atomic mass is 9.86. The molecule has 0 aromatic carbocycles. The first kappa shape index (κ1) is 19.5. The summed E-state index contributed by atoms with van der Waals surface area (Å²) in [6.45, 7) is 6.97. The van der Waals surface area contributed by atoms with Crippen LogP contribution in [-0.4, -0.2) is 23.3 Å². The van der Waals surface area contributed by atoms with Crippen molar-refractivity contribution in [3.63, 3.8) is 0 Å². The minimum Gasteiger partial charge on any atom is -0.481 e. The molecule has 1 fully saturated rings. The van der Waals surface area contributed by atoms with Crippen LogP contribution in [-0.2, 0) is 9.53 Å². The van der Waals surface area contributed by atoms with E-state index in [1.807, 2.05) is 0 Å². The van der Waals surface area contributed by atoms with Gasteiger partial charge in [-0.1, -0.05) is 65.7 Å². The van der Waals surface area contributed by atoms with Crippen LogP contribution in [0, 0.1) is 11.8 Å². The summed E-state index contributed by atoms with van der Waals surface area (Å²) in [5.74, 6) is 0.820. The Bertz CT molecular complexity index is 303. The highest BCUT2D eigenvalue weighted by Crippen LogP contribution is 2.35. The lowest BCUT2D eigenvalue weighted by Crippen LogP contribution is -2.12. The Morgan fingerprint density at radius 1 is 1.00 bits per heavy atom. The molecule has 3 heteroatoms. The third kappa shape index (κ3) is 8.77. The van der Waals surface area contributed by atoms with E-state index in [2.05, 4.69) is 20.8 Å². The predicted molar refractivity (Wildman–Crippen MR) is 91.1 cm³/mol. The van der Waals surface area contributed by atoms with E-state index in [4.69, 9.17) is 9.84 Å². The summed E-state index contributed by atoms with van der Waals surface area (Å²) in [6.07, 6.45) is 13.4. The van der Waals surface area contributed by atoms with Crippen LogP contribution in [0.5, 0.6) is 0 Å². The van der Waals surface area contributed by atoms with E-state index in [1.54, 1.807) is 0 Å². The molecule has 4 atom stereocenters. The van der Waals surface area contributed by atoms with Gasteiger partial charge < -0.3 is 9.84 Å². The summed E-state index contributed by atoms with van der Waals surface area (Å²) in [6, 6.07) is 0. The quantitative estimate of drug-likeness (QED) is 0.344. The molecule has 0 aliphatic carbocycles. The van der Waals surface area contributed by atoms with Crippen molar-refractivity contribution in [2.75, 3.05) is 0 Å². The second-order valence-electron chi connectivity index (χ2n) is 7.25. The zero-order valence-corrected chi connectivity index (χ0v) is 14.9. The molecule has 0 bridgehead atoms. The van der Waals surface area contributed by atoms with Gasteiger partial charge >= 0.3 is 5.97 Å². The van der Waals surface area contributed by atoms with Crippen molar-refractivity contribution < 1.29 is 14.6 Å². The fourth-order valence-electron chi connectivity index (χ4n) is 3.22. The average Bonchev–Trinajstić information content (AvgIpc) is 3.20. The van der Waals surface area contributed by atoms with Gasteiger partial charge in [0.1, 0.15) is 0 Å². The number of ether oxygens (including phenoxy) is 1. The van der Waals surface area contributed by atoms with Crippen molar-refractivity contribution in [3.05, 3.63) is 0 Å². The van der Waals surface area contributed by atoms with Crippen molar-refractivity contribution >= 4 is 5.97 Å². The molecule has 4 unspecified atom stereocenters. The number of hydrogen-bond donors (Lipinski definition) is 1. The van der Waals surface area contributed by atoms with Gasteiger partial charge in [0.25, 0.3) is 0 Å². The highest BCUT2D eigenvalue weighted by atomic mass is 16.6. The highest BCUT2D eigenvalue weighted by Gasteiger charge is 2.39. The Labute approximate surface area is 136 Å². The lowest BCUT2D eigenvalue weighted by Gasteiger charge is -2.19. The van der Waals surface area contributed by atoms with Crippen molar-refractivity contribution in [1.29, 1.82) is 0 Å². The second kappa shape index (κ2) is 11.0. The average molecular weight is 312 g/mol. The van der Waals surface area contributed by atoms with Gasteiger partial charge in [-0.3, -0.25) is 4.79 Å². The molecule has 1 rings (SSSR count). The van der Waals surface area contributed by atoms with Gasteiger partial charge in [0.15, 0.2) is 0 Å². The van der Waals surface area contributed by atoms with E-state index in [9.17, 15) is 4.79 Å². The van der Waals surface area contributed by atoms with Gasteiger partial charge in [0.05, 0.1) is 12.2 Å². The number of carboxylic acid groups (broad SMARTS) is 1. The third-order valence-corrected chi connectivity index (χ3v) is 5.16. The van der Waals surface area contributed by atoms with Gasteiger partial charge in [-0.05, 0) is 31.1 Å². The number of carbonyl (C=O) groups is 1. The van der Waals surface area contributed by atoms with Crippen molar-refractivity contribution in [2.24, 2.45) is 11.8 Å². The Morgan fingerprint density at radius 3 is 2.41 bits per heavy atom. The van der Waals surface area contributed by atoms with Crippen LogP contribution in [0.25, 0.3) is 0 Å². The standard InChI is InChI=1S/C19H36O3/c1-4-5-8-12-17-18(22-17)14-16(3)15(2)11-9-6-7-10-13-19(20)21/h15-18H,4-14H2,1-3H3,(H,20,21). The summed E-state index contributed by atoms with van der Waals surface area (Å²) >= 11 is 0. The van der Waals surface area contributed by atoms with Gasteiger partial charge in [0.2, 0.25) is 0 Å². The summed E-state index contributed by atoms with van der Waals surface area (Å²) in [5.41, 5.74) is 0. The molecule has 1 aliphatic rings. The zero-order chi connectivity index (χ0) is 16.4. The van der Waals surface area contributed by atoms with Crippen LogP contribution in [0.4, 0.5) is 0 Å². The van der Waals surface area contributed by atoms with E-state index in [0.717, 1.165) is 24.7 Å². The van der Waals surface area contributed by atoms with E-state index in [1.165, 1.54) is 51.4 Å². The largest absolute Gasteiger partial charge is 0.481 e. The number of unbranched alkanes of at least 4 members (excludes halogenated alkanes) is 5. The molecule has 0 aromatic rings. The number of carboxylic acids is 1. The van der Waals surface area contributed by atoms with Crippen LogP contribution >= 0.6 is 0 Å². The van der Waals surface area contributed by atoms with E-state index in [0.29, 0.717) is 18.6 Å². The molecule has 1 aliphatic heterocycles. The lowest BCUT2D eigenvalue weighted by molar-refractivity contribution is -0.137. The third-order valence-electron chi connectivity index (χ3n) is 5.16. The summed E-state index contributed by atoms with van der Waals surface area (Å²) in [5, 5.41) is 8.60. The summed E-state index contributed by atoms with van der Waals surface area (Å²) in [7, 11) is 0. The Morgan fingerprint density at radius 2 is 1.73 bits per heavy atom. The van der Waals surface area contributed by atoms with Crippen LogP contribution in [0.15, 0.2) is 0 Å². The second-order valence-corrected chi connectivity index (χ2v) is 7.25. The minimum absolute atomic E-state index is 0.324. The molecular weight excluding hydrogens is 276 g/mol. The van der Waals surface area contributed by atoms with Crippen LogP contribution in [0.2, 0.25) is 0 Å². The molecule has 1 N–H and O–H groups in total. The number of rotatable bonds is 14. The molecule has 1 heterocycles. The predicted octanol–water partition coefficient (Wildman–Crippen LogP) is 5.42. The molecule has 0 aromatic heterocycles. The molecule has 0 radical (unpaired) electrons. The van der Waals surface area contributed by atoms with Crippen molar-refractivity contribution in [3.8, 4) is 0 Å². The van der Waals surface area contributed by atoms with Crippen molar-refractivity contribution in [2.45, 2.75) is 104 Å². The topological polar surface area (TPSA) is 49.8 Å².